The molecular weight excluding hydrogens is 270 g/mol. The molecule has 0 aliphatic carbocycles. The van der Waals surface area contributed by atoms with Gasteiger partial charge in [-0.05, 0) is 12.1 Å². The van der Waals surface area contributed by atoms with Crippen LogP contribution < -0.4 is 5.32 Å². The van der Waals surface area contributed by atoms with Crippen LogP contribution >= 0.6 is 11.8 Å². The van der Waals surface area contributed by atoms with E-state index >= 15 is 0 Å². The smallest absolute Gasteiger partial charge is 0.414 e. The molecule has 1 aromatic carbocycles. The van der Waals surface area contributed by atoms with E-state index in [2.05, 4.69) is 17.4 Å². The van der Waals surface area contributed by atoms with Crippen molar-refractivity contribution in [2.45, 2.75) is 4.90 Å². The van der Waals surface area contributed by atoms with Gasteiger partial charge in [0.05, 0.1) is 6.61 Å². The van der Waals surface area contributed by atoms with Gasteiger partial charge in [0, 0.05) is 23.7 Å². The van der Waals surface area contributed by atoms with Gasteiger partial charge in [0.2, 0.25) is 0 Å². The molecule has 0 aliphatic rings. The summed E-state index contributed by atoms with van der Waals surface area (Å²) in [6, 6.07) is 10.3. The van der Waals surface area contributed by atoms with Crippen molar-refractivity contribution in [2.24, 2.45) is 0 Å². The highest BCUT2D eigenvalue weighted by atomic mass is 32.2. The van der Waals surface area contributed by atoms with Crippen molar-refractivity contribution in [3.63, 3.8) is 0 Å². The highest BCUT2D eigenvalue weighted by Crippen LogP contribution is 2.15. The Bertz CT molecular complexity index is 360. The first-order valence-electron chi connectivity index (χ1n) is 5.53. The molecule has 0 aromatic heterocycles. The summed E-state index contributed by atoms with van der Waals surface area (Å²) in [4.78, 5) is 19.5. The van der Waals surface area contributed by atoms with Crippen LogP contribution in [-0.2, 0) is 9.59 Å². The summed E-state index contributed by atoms with van der Waals surface area (Å²) in [6.07, 6.45) is 0. The van der Waals surface area contributed by atoms with Crippen molar-refractivity contribution < 1.29 is 24.9 Å². The second-order valence-electron chi connectivity index (χ2n) is 3.25. The molecule has 6 nitrogen and oxygen atoms in total. The van der Waals surface area contributed by atoms with Gasteiger partial charge in [-0.25, -0.2) is 9.59 Å². The van der Waals surface area contributed by atoms with Crippen molar-refractivity contribution in [2.75, 3.05) is 25.4 Å². The van der Waals surface area contributed by atoms with E-state index in [-0.39, 0.29) is 6.61 Å². The standard InChI is InChI=1S/C10H15NOS.C2H2O4/c12-8-6-11-7-9-13-10-4-2-1-3-5-10;3-1(4)2(5)6/h1-5,11-12H,6-9H2;(H,3,4)(H,5,6). The van der Waals surface area contributed by atoms with Crippen molar-refractivity contribution in [3.8, 4) is 0 Å². The second kappa shape index (κ2) is 11.5. The lowest BCUT2D eigenvalue weighted by atomic mass is 10.4. The van der Waals surface area contributed by atoms with Gasteiger partial charge in [-0.15, -0.1) is 11.8 Å². The molecule has 0 fully saturated rings. The van der Waals surface area contributed by atoms with Crippen LogP contribution in [0.1, 0.15) is 0 Å². The molecule has 0 bridgehead atoms. The van der Waals surface area contributed by atoms with Crippen LogP contribution in [0.15, 0.2) is 35.2 Å². The number of rotatable bonds is 6. The predicted molar refractivity (Wildman–Crippen MR) is 72.4 cm³/mol. The van der Waals surface area contributed by atoms with E-state index in [9.17, 15) is 0 Å². The van der Waals surface area contributed by atoms with Crippen LogP contribution in [-0.4, -0.2) is 52.7 Å². The van der Waals surface area contributed by atoms with Gasteiger partial charge in [-0.2, -0.15) is 0 Å². The molecule has 0 spiro atoms. The Balaban J connectivity index is 0.000000459. The molecule has 0 unspecified atom stereocenters. The van der Waals surface area contributed by atoms with Crippen LogP contribution in [0, 0.1) is 0 Å². The Morgan fingerprint density at radius 2 is 1.63 bits per heavy atom. The van der Waals surface area contributed by atoms with Gasteiger partial charge < -0.3 is 20.6 Å². The second-order valence-corrected chi connectivity index (χ2v) is 4.41. The number of carboxylic acids is 2. The summed E-state index contributed by atoms with van der Waals surface area (Å²) >= 11 is 1.83. The van der Waals surface area contributed by atoms with Gasteiger partial charge in [0.1, 0.15) is 0 Å². The number of thioether (sulfide) groups is 1. The first kappa shape index (κ1) is 17.4. The van der Waals surface area contributed by atoms with E-state index in [0.717, 1.165) is 12.3 Å². The van der Waals surface area contributed by atoms with E-state index in [1.807, 2.05) is 30.0 Å². The fourth-order valence-electron chi connectivity index (χ4n) is 0.962. The third-order valence-corrected chi connectivity index (χ3v) is 2.78. The van der Waals surface area contributed by atoms with E-state index in [4.69, 9.17) is 24.9 Å². The molecule has 1 aromatic rings. The summed E-state index contributed by atoms with van der Waals surface area (Å²) in [5.74, 6) is -2.60. The largest absolute Gasteiger partial charge is 0.473 e. The van der Waals surface area contributed by atoms with Crippen molar-refractivity contribution in [1.82, 2.24) is 5.32 Å². The Morgan fingerprint density at radius 3 is 2.11 bits per heavy atom. The van der Waals surface area contributed by atoms with Crippen LogP contribution in [0.3, 0.4) is 0 Å². The highest BCUT2D eigenvalue weighted by molar-refractivity contribution is 7.99. The number of carboxylic acid groups (broad SMARTS) is 2. The Kier molecular flexibility index (Phi) is 10.6. The lowest BCUT2D eigenvalue weighted by Gasteiger charge is -2.02. The maximum atomic E-state index is 9.10. The number of aliphatic hydroxyl groups excluding tert-OH is 1. The highest BCUT2D eigenvalue weighted by Gasteiger charge is 2.04. The number of aliphatic hydroxyl groups is 1. The van der Waals surface area contributed by atoms with E-state index in [1.54, 1.807) is 0 Å². The fourth-order valence-corrected chi connectivity index (χ4v) is 1.79. The number of benzene rings is 1. The summed E-state index contributed by atoms with van der Waals surface area (Å²) in [7, 11) is 0. The average molecular weight is 287 g/mol. The molecule has 0 saturated heterocycles. The SMILES string of the molecule is O=C(O)C(=O)O.OCCNCCSc1ccccc1. The van der Waals surface area contributed by atoms with Crippen LogP contribution in [0.2, 0.25) is 0 Å². The minimum absolute atomic E-state index is 0.218. The van der Waals surface area contributed by atoms with Crippen LogP contribution in [0.5, 0.6) is 0 Å². The average Bonchev–Trinajstić information content (AvgIpc) is 2.40. The van der Waals surface area contributed by atoms with Crippen molar-refractivity contribution >= 4 is 23.7 Å². The van der Waals surface area contributed by atoms with Gasteiger partial charge in [0.15, 0.2) is 0 Å². The zero-order valence-corrected chi connectivity index (χ0v) is 11.1. The number of hydrogen-bond acceptors (Lipinski definition) is 5. The molecule has 0 amide bonds. The molecule has 1 rings (SSSR count). The zero-order chi connectivity index (χ0) is 14.5. The zero-order valence-electron chi connectivity index (χ0n) is 10.3. The number of aliphatic carboxylic acids is 2. The number of hydrogen-bond donors (Lipinski definition) is 4. The van der Waals surface area contributed by atoms with Crippen LogP contribution in [0.25, 0.3) is 0 Å². The van der Waals surface area contributed by atoms with Gasteiger partial charge in [-0.1, -0.05) is 18.2 Å². The third-order valence-electron chi connectivity index (χ3n) is 1.76. The minimum atomic E-state index is -1.82. The predicted octanol–water partition coefficient (Wildman–Crippen LogP) is 0.516. The van der Waals surface area contributed by atoms with Crippen molar-refractivity contribution in [1.29, 1.82) is 0 Å². The lowest BCUT2D eigenvalue weighted by molar-refractivity contribution is -0.159. The maximum absolute atomic E-state index is 9.10. The Hall–Kier alpha value is -1.57. The summed E-state index contributed by atoms with van der Waals surface area (Å²) in [5, 5.41) is 26.4. The minimum Gasteiger partial charge on any atom is -0.473 e. The molecule has 19 heavy (non-hydrogen) atoms. The van der Waals surface area contributed by atoms with Crippen LogP contribution in [0.4, 0.5) is 0 Å². The molecule has 0 atom stereocenters. The Morgan fingerprint density at radius 1 is 1.05 bits per heavy atom. The first-order chi connectivity index (χ1) is 9.07. The van der Waals surface area contributed by atoms with E-state index < -0.39 is 11.9 Å². The van der Waals surface area contributed by atoms with Gasteiger partial charge in [0.25, 0.3) is 0 Å². The molecule has 0 radical (unpaired) electrons. The summed E-state index contributed by atoms with van der Waals surface area (Å²) < 4.78 is 0. The molecule has 0 saturated carbocycles. The molecular formula is C12H17NO5S. The van der Waals surface area contributed by atoms with E-state index in [1.165, 1.54) is 4.90 Å². The molecule has 4 N–H and O–H groups in total. The normalized spacial score (nSPS) is 9.32. The molecule has 106 valence electrons. The lowest BCUT2D eigenvalue weighted by Crippen LogP contribution is -2.20. The third kappa shape index (κ3) is 11.3. The molecule has 0 heterocycles. The molecule has 7 heteroatoms. The van der Waals surface area contributed by atoms with E-state index in [0.29, 0.717) is 6.54 Å². The summed E-state index contributed by atoms with van der Waals surface area (Å²) in [6.45, 7) is 1.85. The number of carbonyl (C=O) groups is 2. The van der Waals surface area contributed by atoms with Gasteiger partial charge in [-0.3, -0.25) is 0 Å². The number of nitrogens with one attached hydrogen (secondary N) is 1. The molecule has 0 aliphatic heterocycles. The fraction of sp³-hybridized carbons (Fsp3) is 0.333. The maximum Gasteiger partial charge on any atom is 0.414 e. The summed E-state index contributed by atoms with van der Waals surface area (Å²) in [5.41, 5.74) is 0. The monoisotopic (exact) mass is 287 g/mol. The van der Waals surface area contributed by atoms with Crippen molar-refractivity contribution in [3.05, 3.63) is 30.3 Å². The quantitative estimate of drug-likeness (QED) is 0.343. The topological polar surface area (TPSA) is 107 Å². The van der Waals surface area contributed by atoms with Gasteiger partial charge >= 0.3 is 11.9 Å². The Labute approximate surface area is 115 Å². The first-order valence-corrected chi connectivity index (χ1v) is 6.52.